The van der Waals surface area contributed by atoms with Gasteiger partial charge in [-0.15, -0.1) is 0 Å². The van der Waals surface area contributed by atoms with Gasteiger partial charge in [0.05, 0.1) is 19.1 Å². The lowest BCUT2D eigenvalue weighted by atomic mass is 10.1. The van der Waals surface area contributed by atoms with Gasteiger partial charge in [-0.1, -0.05) is 30.3 Å². The van der Waals surface area contributed by atoms with Gasteiger partial charge >= 0.3 is 0 Å². The van der Waals surface area contributed by atoms with Crippen LogP contribution in [-0.2, 0) is 16.0 Å². The monoisotopic (exact) mass is 410 g/mol. The van der Waals surface area contributed by atoms with E-state index in [1.54, 1.807) is 7.11 Å². The van der Waals surface area contributed by atoms with Crippen molar-refractivity contribution in [2.24, 2.45) is 4.99 Å². The number of nitrogen functional groups attached to an aromatic ring is 1. The SMILES string of the molecule is COCCC1=Nc2c(N)nc(C)c(C)c2[N+]1(Cc1ccccc1)NC1CCOCC1. The number of nitrogens with one attached hydrogen (secondary N) is 1. The summed E-state index contributed by atoms with van der Waals surface area (Å²) < 4.78 is 11.5. The lowest BCUT2D eigenvalue weighted by molar-refractivity contribution is 0.0612. The van der Waals surface area contributed by atoms with Crippen LogP contribution in [0.15, 0.2) is 35.3 Å². The van der Waals surface area contributed by atoms with Gasteiger partial charge in [-0.2, -0.15) is 15.0 Å². The summed E-state index contributed by atoms with van der Waals surface area (Å²) in [6.07, 6.45) is 2.66. The number of nitrogens with zero attached hydrogens (tertiary/aromatic N) is 3. The standard InChI is InChI=1S/C23H32N5O2/c1-16-17(2)25-23(24)21-22(16)28(20(26-21)11-12-29-3,15-18-7-5-4-6-8-18)27-19-9-13-30-14-10-19/h4-8,19,27H,9-15H2,1-3H3,(H2,24,25)/q+1. The van der Waals surface area contributed by atoms with Gasteiger partial charge in [0, 0.05) is 37.1 Å². The fourth-order valence-corrected chi connectivity index (χ4v) is 4.50. The topological polar surface area (TPSA) is 81.8 Å². The van der Waals surface area contributed by atoms with Gasteiger partial charge in [0.15, 0.2) is 17.2 Å². The molecule has 2 aliphatic heterocycles. The zero-order chi connectivity index (χ0) is 21.1. The number of ether oxygens (including phenoxy) is 2. The van der Waals surface area contributed by atoms with E-state index in [-0.39, 0.29) is 0 Å². The first kappa shape index (κ1) is 20.9. The van der Waals surface area contributed by atoms with Crippen molar-refractivity contribution in [3.8, 4) is 0 Å². The van der Waals surface area contributed by atoms with E-state index >= 15 is 0 Å². The molecule has 1 aromatic carbocycles. The van der Waals surface area contributed by atoms with Crippen LogP contribution in [0.2, 0.25) is 0 Å². The minimum Gasteiger partial charge on any atom is -0.384 e. The molecule has 0 aliphatic carbocycles. The number of hydrogen-bond donors (Lipinski definition) is 2. The van der Waals surface area contributed by atoms with Crippen molar-refractivity contribution in [2.45, 2.75) is 45.7 Å². The molecule has 7 nitrogen and oxygen atoms in total. The molecule has 4 rings (SSSR count). The van der Waals surface area contributed by atoms with Crippen molar-refractivity contribution in [1.29, 1.82) is 0 Å². The fraction of sp³-hybridized carbons (Fsp3) is 0.478. The van der Waals surface area contributed by atoms with Crippen molar-refractivity contribution in [3.63, 3.8) is 0 Å². The summed E-state index contributed by atoms with van der Waals surface area (Å²) in [4.78, 5) is 9.59. The molecular formula is C23H32N5O2+. The summed E-state index contributed by atoms with van der Waals surface area (Å²) in [6.45, 7) is 7.04. The van der Waals surface area contributed by atoms with Crippen LogP contribution in [0.1, 0.15) is 36.1 Å². The summed E-state index contributed by atoms with van der Waals surface area (Å²) in [7, 11) is 1.73. The number of aryl methyl sites for hydroxylation is 1. The van der Waals surface area contributed by atoms with Gasteiger partial charge in [0.1, 0.15) is 6.54 Å². The molecule has 3 heterocycles. The number of pyridine rings is 1. The van der Waals surface area contributed by atoms with Gasteiger partial charge < -0.3 is 15.2 Å². The first-order chi connectivity index (χ1) is 14.5. The number of fused-ring (bicyclic) bond motifs is 1. The molecule has 0 saturated carbocycles. The summed E-state index contributed by atoms with van der Waals surface area (Å²) in [5.74, 6) is 1.51. The Kier molecular flexibility index (Phi) is 6.15. The number of nitrogens with two attached hydrogens (primary N) is 1. The lowest BCUT2D eigenvalue weighted by Crippen LogP contribution is -2.65. The molecule has 0 radical (unpaired) electrons. The van der Waals surface area contributed by atoms with Gasteiger partial charge in [-0.25, -0.2) is 4.98 Å². The third-order valence-electron chi connectivity index (χ3n) is 6.13. The molecule has 1 atom stereocenters. The number of benzene rings is 1. The molecule has 2 aromatic rings. The van der Waals surface area contributed by atoms with Gasteiger partial charge in [-0.3, -0.25) is 0 Å². The second kappa shape index (κ2) is 8.81. The zero-order valence-electron chi connectivity index (χ0n) is 18.1. The van der Waals surface area contributed by atoms with E-state index in [4.69, 9.17) is 20.2 Å². The molecule has 1 fully saturated rings. The van der Waals surface area contributed by atoms with E-state index in [0.717, 1.165) is 61.1 Å². The number of methoxy groups -OCH3 is 1. The fourth-order valence-electron chi connectivity index (χ4n) is 4.50. The van der Waals surface area contributed by atoms with Crippen molar-refractivity contribution in [2.75, 3.05) is 32.7 Å². The van der Waals surface area contributed by atoms with E-state index in [1.165, 1.54) is 5.56 Å². The van der Waals surface area contributed by atoms with E-state index < -0.39 is 0 Å². The summed E-state index contributed by atoms with van der Waals surface area (Å²) in [6, 6.07) is 10.9. The third kappa shape index (κ3) is 3.86. The molecule has 3 N–H and O–H groups in total. The Hall–Kier alpha value is -2.32. The van der Waals surface area contributed by atoms with Crippen LogP contribution >= 0.6 is 0 Å². The second-order valence-corrected chi connectivity index (χ2v) is 8.14. The highest BCUT2D eigenvalue weighted by Gasteiger charge is 2.48. The normalized spacial score (nSPS) is 21.5. The average Bonchev–Trinajstić information content (AvgIpc) is 3.06. The van der Waals surface area contributed by atoms with Gasteiger partial charge in [-0.05, 0) is 26.7 Å². The number of anilines is 1. The maximum Gasteiger partial charge on any atom is 0.231 e. The largest absolute Gasteiger partial charge is 0.384 e. The van der Waals surface area contributed by atoms with Crippen molar-refractivity contribution in [3.05, 3.63) is 47.2 Å². The molecule has 160 valence electrons. The predicted octanol–water partition coefficient (Wildman–Crippen LogP) is 3.55. The molecule has 30 heavy (non-hydrogen) atoms. The van der Waals surface area contributed by atoms with E-state index in [9.17, 15) is 0 Å². The Labute approximate surface area is 178 Å². The highest BCUT2D eigenvalue weighted by atomic mass is 16.5. The molecule has 1 saturated heterocycles. The van der Waals surface area contributed by atoms with Crippen molar-refractivity contribution in [1.82, 2.24) is 15.0 Å². The lowest BCUT2D eigenvalue weighted by Gasteiger charge is -2.39. The maximum atomic E-state index is 6.37. The number of aliphatic imine (C=N–C) groups is 1. The van der Waals surface area contributed by atoms with Crippen LogP contribution in [-0.4, -0.2) is 43.8 Å². The predicted molar refractivity (Wildman–Crippen MR) is 121 cm³/mol. The van der Waals surface area contributed by atoms with E-state index in [2.05, 4.69) is 47.7 Å². The van der Waals surface area contributed by atoms with Crippen LogP contribution < -0.4 is 15.8 Å². The summed E-state index contributed by atoms with van der Waals surface area (Å²) in [5.41, 5.74) is 15.6. The Morgan fingerprint density at radius 1 is 1.20 bits per heavy atom. The molecular weight excluding hydrogens is 378 g/mol. The van der Waals surface area contributed by atoms with E-state index in [0.29, 0.717) is 29.5 Å². The third-order valence-corrected chi connectivity index (χ3v) is 6.13. The first-order valence-corrected chi connectivity index (χ1v) is 10.7. The maximum absolute atomic E-state index is 6.37. The summed E-state index contributed by atoms with van der Waals surface area (Å²) in [5, 5.41) is 0. The number of amidine groups is 1. The van der Waals surface area contributed by atoms with Crippen LogP contribution in [0.5, 0.6) is 0 Å². The van der Waals surface area contributed by atoms with Crippen molar-refractivity contribution < 1.29 is 9.47 Å². The molecule has 1 aromatic heterocycles. The zero-order valence-corrected chi connectivity index (χ0v) is 18.1. The second-order valence-electron chi connectivity index (χ2n) is 8.14. The molecule has 0 bridgehead atoms. The molecule has 0 amide bonds. The minimum atomic E-state index is 0.329. The Morgan fingerprint density at radius 3 is 2.63 bits per heavy atom. The number of quaternary nitrogens is 1. The quantitative estimate of drug-likeness (QED) is 0.682. The van der Waals surface area contributed by atoms with Crippen LogP contribution in [0, 0.1) is 13.8 Å². The summed E-state index contributed by atoms with van der Waals surface area (Å²) >= 11 is 0. The Balaban J connectivity index is 1.87. The Bertz CT molecular complexity index is 925. The first-order valence-electron chi connectivity index (χ1n) is 10.7. The van der Waals surface area contributed by atoms with Gasteiger partial charge in [0.2, 0.25) is 5.84 Å². The molecule has 2 aliphatic rings. The van der Waals surface area contributed by atoms with Crippen molar-refractivity contribution >= 4 is 23.0 Å². The minimum absolute atomic E-state index is 0.329. The molecule has 1 unspecified atom stereocenters. The molecule has 0 spiro atoms. The Morgan fingerprint density at radius 2 is 1.93 bits per heavy atom. The number of rotatable bonds is 7. The smallest absolute Gasteiger partial charge is 0.231 e. The van der Waals surface area contributed by atoms with Crippen LogP contribution in [0.3, 0.4) is 0 Å². The highest BCUT2D eigenvalue weighted by Crippen LogP contribution is 2.47. The van der Waals surface area contributed by atoms with Crippen LogP contribution in [0.4, 0.5) is 17.2 Å². The van der Waals surface area contributed by atoms with Crippen LogP contribution in [0.25, 0.3) is 0 Å². The molecule has 7 heteroatoms. The number of hydrogen-bond acceptors (Lipinski definition) is 6. The highest BCUT2D eigenvalue weighted by molar-refractivity contribution is 6.05. The van der Waals surface area contributed by atoms with Gasteiger partial charge in [0.25, 0.3) is 0 Å². The number of aromatic nitrogens is 1. The average molecular weight is 411 g/mol. The van der Waals surface area contributed by atoms with E-state index in [1.807, 2.05) is 6.92 Å².